The summed E-state index contributed by atoms with van der Waals surface area (Å²) in [5, 5.41) is 10.9. The fraction of sp³-hybridized carbons (Fsp3) is 0.333. The van der Waals surface area contributed by atoms with Gasteiger partial charge in [0.1, 0.15) is 6.61 Å². The summed E-state index contributed by atoms with van der Waals surface area (Å²) in [4.78, 5) is 26.9. The Hall–Kier alpha value is -3.52. The van der Waals surface area contributed by atoms with E-state index in [4.69, 9.17) is 4.74 Å². The number of rotatable bonds is 9. The second-order valence-electron chi connectivity index (χ2n) is 7.86. The van der Waals surface area contributed by atoms with Gasteiger partial charge in [-0.15, -0.1) is 5.10 Å². The molecule has 2 heterocycles. The molecule has 8 heteroatoms. The highest BCUT2D eigenvalue weighted by Gasteiger charge is 2.29. The molecular formula is C24H27N5O3. The number of benzene rings is 2. The first-order chi connectivity index (χ1) is 15.7. The summed E-state index contributed by atoms with van der Waals surface area (Å²) in [6.07, 6.45) is 3.46. The minimum atomic E-state index is -0.270. The lowest BCUT2D eigenvalue weighted by molar-refractivity contribution is -0.137. The smallest absolute Gasteiger partial charge is 0.273 e. The van der Waals surface area contributed by atoms with Gasteiger partial charge in [-0.05, 0) is 24.0 Å². The summed E-state index contributed by atoms with van der Waals surface area (Å²) in [6, 6.07) is 19.5. The molecule has 8 nitrogen and oxygen atoms in total. The van der Waals surface area contributed by atoms with Crippen LogP contribution in [0.3, 0.4) is 0 Å². The van der Waals surface area contributed by atoms with E-state index in [9.17, 15) is 9.59 Å². The third kappa shape index (κ3) is 5.79. The van der Waals surface area contributed by atoms with Crippen LogP contribution in [-0.4, -0.2) is 50.9 Å². The molecule has 0 radical (unpaired) electrons. The van der Waals surface area contributed by atoms with Crippen LogP contribution in [0.5, 0.6) is 0 Å². The number of ether oxygens (including phenoxy) is 1. The van der Waals surface area contributed by atoms with Gasteiger partial charge in [-0.2, -0.15) is 0 Å². The third-order valence-corrected chi connectivity index (χ3v) is 5.50. The van der Waals surface area contributed by atoms with Crippen LogP contribution in [0.1, 0.15) is 34.5 Å². The zero-order valence-electron chi connectivity index (χ0n) is 17.9. The Balaban J connectivity index is 1.26. The molecule has 166 valence electrons. The van der Waals surface area contributed by atoms with Gasteiger partial charge in [0.15, 0.2) is 5.69 Å². The van der Waals surface area contributed by atoms with Gasteiger partial charge in [-0.3, -0.25) is 9.59 Å². The molecule has 2 amide bonds. The lowest BCUT2D eigenvalue weighted by Crippen LogP contribution is -2.40. The molecular weight excluding hydrogens is 406 g/mol. The monoisotopic (exact) mass is 433 g/mol. The van der Waals surface area contributed by atoms with E-state index in [0.29, 0.717) is 26.2 Å². The number of hydrogen-bond acceptors (Lipinski definition) is 5. The number of carbonyl (C=O) groups is 2. The molecule has 0 spiro atoms. The van der Waals surface area contributed by atoms with Crippen molar-refractivity contribution in [3.05, 3.63) is 83.7 Å². The second kappa shape index (κ2) is 10.7. The normalized spacial score (nSPS) is 15.6. The minimum absolute atomic E-state index is 0.0183. The first-order valence-electron chi connectivity index (χ1n) is 10.8. The summed E-state index contributed by atoms with van der Waals surface area (Å²) < 4.78 is 7.25. The zero-order chi connectivity index (χ0) is 22.2. The van der Waals surface area contributed by atoms with Crippen molar-refractivity contribution >= 4 is 11.8 Å². The van der Waals surface area contributed by atoms with Crippen molar-refractivity contribution in [2.24, 2.45) is 0 Å². The van der Waals surface area contributed by atoms with Gasteiger partial charge in [-0.1, -0.05) is 65.9 Å². The Labute approximate surface area is 187 Å². The van der Waals surface area contributed by atoms with Crippen LogP contribution in [0.4, 0.5) is 0 Å². The van der Waals surface area contributed by atoms with Gasteiger partial charge in [0.05, 0.1) is 25.4 Å². The lowest BCUT2D eigenvalue weighted by Gasteiger charge is -2.24. The Morgan fingerprint density at radius 2 is 1.75 bits per heavy atom. The lowest BCUT2D eigenvalue weighted by atomic mass is 10.2. The molecule has 0 bridgehead atoms. The summed E-state index contributed by atoms with van der Waals surface area (Å²) in [6.45, 7) is 2.10. The maximum Gasteiger partial charge on any atom is 0.273 e. The van der Waals surface area contributed by atoms with Gasteiger partial charge in [0.2, 0.25) is 5.91 Å². The highest BCUT2D eigenvalue weighted by atomic mass is 16.5. The molecule has 0 saturated carbocycles. The molecule has 1 N–H and O–H groups in total. The first-order valence-corrected chi connectivity index (χ1v) is 10.8. The van der Waals surface area contributed by atoms with Crippen molar-refractivity contribution in [3.8, 4) is 0 Å². The van der Waals surface area contributed by atoms with E-state index in [1.165, 1.54) is 0 Å². The number of hydrogen-bond donors (Lipinski definition) is 1. The van der Waals surface area contributed by atoms with Crippen LogP contribution in [-0.2, 0) is 29.2 Å². The molecule has 1 fully saturated rings. The molecule has 1 aliphatic heterocycles. The Kier molecular flexibility index (Phi) is 7.24. The summed E-state index contributed by atoms with van der Waals surface area (Å²) in [5.74, 6) is -0.293. The van der Waals surface area contributed by atoms with Crippen molar-refractivity contribution in [1.29, 1.82) is 0 Å². The molecule has 1 atom stereocenters. The number of aromatic nitrogens is 3. The average Bonchev–Trinajstić information content (AvgIpc) is 3.49. The highest BCUT2D eigenvalue weighted by molar-refractivity contribution is 5.91. The Morgan fingerprint density at radius 1 is 1.03 bits per heavy atom. The molecule has 0 aliphatic carbocycles. The molecule has 0 unspecified atom stereocenters. The van der Waals surface area contributed by atoms with Crippen LogP contribution in [0.15, 0.2) is 66.9 Å². The zero-order valence-corrected chi connectivity index (χ0v) is 17.9. The fourth-order valence-corrected chi connectivity index (χ4v) is 3.84. The third-order valence-electron chi connectivity index (χ3n) is 5.50. The van der Waals surface area contributed by atoms with E-state index < -0.39 is 0 Å². The van der Waals surface area contributed by atoms with Gasteiger partial charge in [0, 0.05) is 13.1 Å². The highest BCUT2D eigenvalue weighted by Crippen LogP contribution is 2.19. The molecule has 1 saturated heterocycles. The number of carbonyl (C=O) groups excluding carboxylic acids is 2. The summed E-state index contributed by atoms with van der Waals surface area (Å²) >= 11 is 0. The van der Waals surface area contributed by atoms with Crippen LogP contribution in [0.2, 0.25) is 0 Å². The van der Waals surface area contributed by atoms with E-state index in [1.54, 1.807) is 10.9 Å². The van der Waals surface area contributed by atoms with Crippen molar-refractivity contribution in [2.75, 3.05) is 13.2 Å². The van der Waals surface area contributed by atoms with Crippen LogP contribution in [0, 0.1) is 0 Å². The van der Waals surface area contributed by atoms with Gasteiger partial charge < -0.3 is 15.0 Å². The van der Waals surface area contributed by atoms with Crippen molar-refractivity contribution < 1.29 is 14.3 Å². The number of nitrogens with one attached hydrogen (secondary N) is 1. The van der Waals surface area contributed by atoms with Crippen molar-refractivity contribution in [1.82, 2.24) is 25.2 Å². The standard InChI is InChI=1S/C24H27N5O3/c30-23(18-32-17-20-10-5-2-6-11-20)29-13-7-12-21(29)15-28-16-22(26-27-28)24(31)25-14-19-8-3-1-4-9-19/h1-6,8-11,16,21H,7,12-15,17-18H2,(H,25,31)/t21-/m0/s1. The average molecular weight is 434 g/mol. The maximum absolute atomic E-state index is 12.7. The van der Waals surface area contributed by atoms with Crippen molar-refractivity contribution in [2.45, 2.75) is 38.6 Å². The molecule has 1 aromatic heterocycles. The van der Waals surface area contributed by atoms with E-state index in [0.717, 1.165) is 24.0 Å². The number of amides is 2. The summed E-state index contributed by atoms with van der Waals surface area (Å²) in [5.41, 5.74) is 2.32. The number of likely N-dealkylation sites (tertiary alicyclic amines) is 1. The molecule has 32 heavy (non-hydrogen) atoms. The predicted octanol–water partition coefficient (Wildman–Crippen LogP) is 2.42. The predicted molar refractivity (Wildman–Crippen MR) is 118 cm³/mol. The van der Waals surface area contributed by atoms with E-state index in [2.05, 4.69) is 15.6 Å². The van der Waals surface area contributed by atoms with E-state index in [-0.39, 0.29) is 30.2 Å². The maximum atomic E-state index is 12.7. The van der Waals surface area contributed by atoms with Gasteiger partial charge >= 0.3 is 0 Å². The molecule has 1 aliphatic rings. The quantitative estimate of drug-likeness (QED) is 0.560. The Bertz CT molecular complexity index is 1020. The second-order valence-corrected chi connectivity index (χ2v) is 7.86. The SMILES string of the molecule is O=C(NCc1ccccc1)c1cn(C[C@@H]2CCCN2C(=O)COCc2ccccc2)nn1. The van der Waals surface area contributed by atoms with Gasteiger partial charge in [-0.25, -0.2) is 4.68 Å². The van der Waals surface area contributed by atoms with Crippen LogP contribution < -0.4 is 5.32 Å². The number of nitrogens with zero attached hydrogens (tertiary/aromatic N) is 4. The molecule has 3 aromatic rings. The van der Waals surface area contributed by atoms with Crippen molar-refractivity contribution in [3.63, 3.8) is 0 Å². The van der Waals surface area contributed by atoms with E-state index in [1.807, 2.05) is 65.6 Å². The van der Waals surface area contributed by atoms with E-state index >= 15 is 0 Å². The topological polar surface area (TPSA) is 89.4 Å². The minimum Gasteiger partial charge on any atom is -0.367 e. The largest absolute Gasteiger partial charge is 0.367 e. The van der Waals surface area contributed by atoms with Crippen LogP contribution >= 0.6 is 0 Å². The molecule has 2 aromatic carbocycles. The Morgan fingerprint density at radius 3 is 2.50 bits per heavy atom. The fourth-order valence-electron chi connectivity index (χ4n) is 3.84. The van der Waals surface area contributed by atoms with Crippen LogP contribution in [0.25, 0.3) is 0 Å². The van der Waals surface area contributed by atoms with Gasteiger partial charge in [0.25, 0.3) is 5.91 Å². The summed E-state index contributed by atoms with van der Waals surface area (Å²) in [7, 11) is 0. The first kappa shape index (κ1) is 21.7. The molecule has 4 rings (SSSR count).